The third-order valence-corrected chi connectivity index (χ3v) is 4.65. The first kappa shape index (κ1) is 20.5. The molecule has 2 aromatic carbocycles. The molecule has 0 radical (unpaired) electrons. The summed E-state index contributed by atoms with van der Waals surface area (Å²) in [4.78, 5) is 25.0. The van der Waals surface area contributed by atoms with Crippen LogP contribution in [-0.4, -0.2) is 27.8 Å². The zero-order chi connectivity index (χ0) is 21.1. The van der Waals surface area contributed by atoms with E-state index < -0.39 is 23.8 Å². The fraction of sp³-hybridized carbons (Fsp3) is 0.190. The lowest BCUT2D eigenvalue weighted by molar-refractivity contribution is -0.123. The molecule has 29 heavy (non-hydrogen) atoms. The predicted molar refractivity (Wildman–Crippen MR) is 108 cm³/mol. The normalized spacial score (nSPS) is 11.8. The fourth-order valence-electron chi connectivity index (χ4n) is 2.86. The number of ether oxygens (including phenoxy) is 1. The first-order valence-corrected chi connectivity index (χ1v) is 9.24. The number of para-hydroxylation sites is 1. The minimum absolute atomic E-state index is 0.0488. The third-order valence-electron chi connectivity index (χ3n) is 4.34. The van der Waals surface area contributed by atoms with Crippen molar-refractivity contribution in [1.82, 2.24) is 9.78 Å². The molecule has 1 heterocycles. The zero-order valence-corrected chi connectivity index (χ0v) is 16.8. The number of benzene rings is 2. The zero-order valence-electron chi connectivity index (χ0n) is 16.1. The Morgan fingerprint density at radius 2 is 1.86 bits per heavy atom. The van der Waals surface area contributed by atoms with E-state index in [0.29, 0.717) is 17.0 Å². The molecule has 3 aromatic rings. The Labute approximate surface area is 172 Å². The Bertz CT molecular complexity index is 1070. The number of amides is 1. The van der Waals surface area contributed by atoms with Gasteiger partial charge in [0.25, 0.3) is 5.91 Å². The van der Waals surface area contributed by atoms with Crippen LogP contribution in [0.1, 0.15) is 28.7 Å². The van der Waals surface area contributed by atoms with Gasteiger partial charge in [0, 0.05) is 0 Å². The van der Waals surface area contributed by atoms with Crippen LogP contribution in [0.2, 0.25) is 5.02 Å². The lowest BCUT2D eigenvalue weighted by atomic mass is 10.2. The molecule has 1 N–H and O–H groups in total. The Kier molecular flexibility index (Phi) is 5.98. The summed E-state index contributed by atoms with van der Waals surface area (Å²) in [6.07, 6.45) is -1.09. The molecule has 3 rings (SSSR count). The number of esters is 1. The van der Waals surface area contributed by atoms with Gasteiger partial charge in [-0.3, -0.25) is 4.79 Å². The number of hydrogen-bond acceptors (Lipinski definition) is 4. The van der Waals surface area contributed by atoms with E-state index in [1.807, 2.05) is 30.3 Å². The van der Waals surface area contributed by atoms with E-state index >= 15 is 0 Å². The van der Waals surface area contributed by atoms with Gasteiger partial charge in [-0.15, -0.1) is 0 Å². The quantitative estimate of drug-likeness (QED) is 0.624. The number of aryl methyl sites for hydroxylation is 1. The minimum atomic E-state index is -1.09. The van der Waals surface area contributed by atoms with Crippen LogP contribution < -0.4 is 5.32 Å². The summed E-state index contributed by atoms with van der Waals surface area (Å²) in [5.41, 5.74) is 2.43. The SMILES string of the molecule is Cc1nn(-c2ccccc2)c(C)c1C(=O)O[C@@H](C)C(=O)Nc1ccc(F)cc1Cl. The van der Waals surface area contributed by atoms with Crippen LogP contribution in [0.3, 0.4) is 0 Å². The van der Waals surface area contributed by atoms with Gasteiger partial charge in [0.05, 0.1) is 27.8 Å². The number of nitrogens with zero attached hydrogens (tertiary/aromatic N) is 2. The van der Waals surface area contributed by atoms with Crippen molar-refractivity contribution in [3.8, 4) is 5.69 Å². The molecule has 0 fully saturated rings. The second kappa shape index (κ2) is 8.45. The molecule has 0 saturated heterocycles. The van der Waals surface area contributed by atoms with E-state index in [4.69, 9.17) is 16.3 Å². The predicted octanol–water partition coefficient (Wildman–Crippen LogP) is 4.47. The Morgan fingerprint density at radius 1 is 1.17 bits per heavy atom. The van der Waals surface area contributed by atoms with Crippen LogP contribution >= 0.6 is 11.6 Å². The van der Waals surface area contributed by atoms with Crippen LogP contribution in [0.5, 0.6) is 0 Å². The van der Waals surface area contributed by atoms with Crippen molar-refractivity contribution in [3.05, 3.63) is 76.3 Å². The van der Waals surface area contributed by atoms with Crippen molar-refractivity contribution >= 4 is 29.2 Å². The Morgan fingerprint density at radius 3 is 2.52 bits per heavy atom. The molecule has 0 spiro atoms. The number of anilines is 1. The number of carbonyl (C=O) groups excluding carboxylic acids is 2. The number of hydrogen-bond donors (Lipinski definition) is 1. The topological polar surface area (TPSA) is 73.2 Å². The minimum Gasteiger partial charge on any atom is -0.449 e. The Hall–Kier alpha value is -3.19. The molecule has 6 nitrogen and oxygen atoms in total. The van der Waals surface area contributed by atoms with Crippen molar-refractivity contribution in [2.45, 2.75) is 26.9 Å². The first-order chi connectivity index (χ1) is 13.8. The van der Waals surface area contributed by atoms with Crippen LogP contribution in [-0.2, 0) is 9.53 Å². The monoisotopic (exact) mass is 415 g/mol. The molecular formula is C21H19ClFN3O3. The van der Waals surface area contributed by atoms with E-state index in [2.05, 4.69) is 10.4 Å². The average Bonchev–Trinajstić information content (AvgIpc) is 2.98. The molecular weight excluding hydrogens is 397 g/mol. The molecule has 1 atom stereocenters. The maximum atomic E-state index is 13.1. The van der Waals surface area contributed by atoms with E-state index in [1.54, 1.807) is 18.5 Å². The molecule has 0 saturated carbocycles. The summed E-state index contributed by atoms with van der Waals surface area (Å²) < 4.78 is 20.1. The molecule has 150 valence electrons. The second-order valence-electron chi connectivity index (χ2n) is 6.45. The molecule has 0 bridgehead atoms. The highest BCUT2D eigenvalue weighted by atomic mass is 35.5. The summed E-state index contributed by atoms with van der Waals surface area (Å²) in [5.74, 6) is -1.76. The van der Waals surface area contributed by atoms with Gasteiger partial charge in [0.15, 0.2) is 6.10 Å². The number of carbonyl (C=O) groups is 2. The number of aromatic nitrogens is 2. The summed E-state index contributed by atoms with van der Waals surface area (Å²) in [7, 11) is 0. The highest BCUT2D eigenvalue weighted by molar-refractivity contribution is 6.33. The number of halogens is 2. The molecule has 0 aliphatic carbocycles. The Balaban J connectivity index is 1.74. The van der Waals surface area contributed by atoms with E-state index in [1.165, 1.54) is 19.1 Å². The van der Waals surface area contributed by atoms with Crippen LogP contribution in [0, 0.1) is 19.7 Å². The summed E-state index contributed by atoms with van der Waals surface area (Å²) in [6, 6.07) is 13.0. The van der Waals surface area contributed by atoms with Crippen molar-refractivity contribution in [1.29, 1.82) is 0 Å². The maximum Gasteiger partial charge on any atom is 0.342 e. The number of rotatable bonds is 5. The summed E-state index contributed by atoms with van der Waals surface area (Å²) in [5, 5.41) is 6.97. The van der Waals surface area contributed by atoms with Gasteiger partial charge >= 0.3 is 5.97 Å². The van der Waals surface area contributed by atoms with Crippen molar-refractivity contribution < 1.29 is 18.7 Å². The molecule has 1 amide bonds. The number of nitrogens with one attached hydrogen (secondary N) is 1. The van der Waals surface area contributed by atoms with Gasteiger partial charge in [-0.1, -0.05) is 29.8 Å². The van der Waals surface area contributed by atoms with Crippen molar-refractivity contribution in [3.63, 3.8) is 0 Å². The molecule has 0 unspecified atom stereocenters. The molecule has 0 aliphatic heterocycles. The van der Waals surface area contributed by atoms with E-state index in [-0.39, 0.29) is 10.7 Å². The molecule has 0 aliphatic rings. The summed E-state index contributed by atoms with van der Waals surface area (Å²) >= 11 is 5.91. The van der Waals surface area contributed by atoms with E-state index in [0.717, 1.165) is 11.8 Å². The standard InChI is InChI=1S/C21H19ClFN3O3/c1-12-19(13(2)26(25-12)16-7-5-4-6-8-16)21(28)29-14(3)20(27)24-18-10-9-15(23)11-17(18)22/h4-11,14H,1-3H3,(H,24,27)/t14-/m0/s1. The highest BCUT2D eigenvalue weighted by Gasteiger charge is 2.25. The van der Waals surface area contributed by atoms with Gasteiger partial charge < -0.3 is 10.1 Å². The fourth-order valence-corrected chi connectivity index (χ4v) is 3.07. The maximum absolute atomic E-state index is 13.1. The van der Waals surface area contributed by atoms with Gasteiger partial charge in [0.2, 0.25) is 0 Å². The van der Waals surface area contributed by atoms with Crippen LogP contribution in [0.15, 0.2) is 48.5 Å². The smallest absolute Gasteiger partial charge is 0.342 e. The van der Waals surface area contributed by atoms with Crippen molar-refractivity contribution in [2.75, 3.05) is 5.32 Å². The first-order valence-electron chi connectivity index (χ1n) is 8.86. The molecule has 1 aromatic heterocycles. The van der Waals surface area contributed by atoms with Crippen LogP contribution in [0.4, 0.5) is 10.1 Å². The van der Waals surface area contributed by atoms with Gasteiger partial charge in [0.1, 0.15) is 11.4 Å². The highest BCUT2D eigenvalue weighted by Crippen LogP contribution is 2.23. The lowest BCUT2D eigenvalue weighted by Crippen LogP contribution is -2.30. The van der Waals surface area contributed by atoms with Gasteiger partial charge in [-0.25, -0.2) is 13.9 Å². The second-order valence-corrected chi connectivity index (χ2v) is 6.86. The van der Waals surface area contributed by atoms with Gasteiger partial charge in [-0.2, -0.15) is 5.10 Å². The van der Waals surface area contributed by atoms with Gasteiger partial charge in [-0.05, 0) is 51.1 Å². The van der Waals surface area contributed by atoms with Crippen LogP contribution in [0.25, 0.3) is 5.69 Å². The van der Waals surface area contributed by atoms with E-state index in [9.17, 15) is 14.0 Å². The van der Waals surface area contributed by atoms with Crippen molar-refractivity contribution in [2.24, 2.45) is 0 Å². The largest absolute Gasteiger partial charge is 0.449 e. The third kappa shape index (κ3) is 4.46. The lowest BCUT2D eigenvalue weighted by Gasteiger charge is -2.14. The molecule has 8 heteroatoms. The summed E-state index contributed by atoms with van der Waals surface area (Å²) in [6.45, 7) is 4.90. The average molecular weight is 416 g/mol.